The average molecular weight is 268 g/mol. The van der Waals surface area contributed by atoms with E-state index in [4.69, 9.17) is 9.97 Å². The van der Waals surface area contributed by atoms with Gasteiger partial charge in [-0.25, -0.2) is 9.97 Å². The summed E-state index contributed by atoms with van der Waals surface area (Å²) < 4.78 is 0. The second-order valence-corrected chi connectivity index (χ2v) is 5.25. The smallest absolute Gasteiger partial charge is 0.163 e. The Kier molecular flexibility index (Phi) is 3.63. The van der Waals surface area contributed by atoms with E-state index in [0.29, 0.717) is 0 Å². The van der Waals surface area contributed by atoms with Gasteiger partial charge in [-0.2, -0.15) is 0 Å². The Morgan fingerprint density at radius 2 is 2.05 bits per heavy atom. The standard InChI is InChI=1S/C16H20N4/c1-3-18-15-12-6-4-5-7-14(12)19-16(20-15)13-10-17-9-8-11(13)2/h8-10H,3-7H2,1-2H3,(H,18,19,20). The Hall–Kier alpha value is -1.97. The van der Waals surface area contributed by atoms with Gasteiger partial charge in [-0.1, -0.05) is 0 Å². The predicted molar refractivity (Wildman–Crippen MR) is 80.8 cm³/mol. The highest BCUT2D eigenvalue weighted by molar-refractivity contribution is 5.62. The maximum Gasteiger partial charge on any atom is 0.163 e. The van der Waals surface area contributed by atoms with Crippen LogP contribution < -0.4 is 5.32 Å². The Morgan fingerprint density at radius 3 is 2.85 bits per heavy atom. The zero-order chi connectivity index (χ0) is 13.9. The Bertz CT molecular complexity index is 622. The third-order valence-corrected chi connectivity index (χ3v) is 3.81. The molecule has 0 radical (unpaired) electrons. The molecule has 104 valence electrons. The number of fused-ring (bicyclic) bond motifs is 1. The number of hydrogen-bond acceptors (Lipinski definition) is 4. The van der Waals surface area contributed by atoms with Crippen molar-refractivity contribution in [2.45, 2.75) is 39.5 Å². The molecule has 2 aromatic heterocycles. The lowest BCUT2D eigenvalue weighted by Gasteiger charge is -2.19. The van der Waals surface area contributed by atoms with Crippen LogP contribution in [0.25, 0.3) is 11.4 Å². The zero-order valence-corrected chi connectivity index (χ0v) is 12.1. The first-order chi connectivity index (χ1) is 9.79. The van der Waals surface area contributed by atoms with Gasteiger partial charge >= 0.3 is 0 Å². The number of anilines is 1. The molecule has 0 amide bonds. The van der Waals surface area contributed by atoms with E-state index < -0.39 is 0 Å². The third-order valence-electron chi connectivity index (χ3n) is 3.81. The molecule has 1 aliphatic carbocycles. The molecule has 0 aromatic carbocycles. The van der Waals surface area contributed by atoms with Crippen molar-refractivity contribution in [3.05, 3.63) is 35.3 Å². The second kappa shape index (κ2) is 5.57. The molecule has 0 atom stereocenters. The lowest BCUT2D eigenvalue weighted by molar-refractivity contribution is 0.664. The van der Waals surface area contributed by atoms with Crippen LogP contribution in [0.1, 0.15) is 36.6 Å². The number of aromatic nitrogens is 3. The molecule has 0 bridgehead atoms. The highest BCUT2D eigenvalue weighted by Gasteiger charge is 2.18. The maximum atomic E-state index is 4.80. The van der Waals surface area contributed by atoms with Crippen LogP contribution in [-0.2, 0) is 12.8 Å². The molecule has 0 saturated heterocycles. The largest absolute Gasteiger partial charge is 0.370 e. The number of rotatable bonds is 3. The normalized spacial score (nSPS) is 13.9. The van der Waals surface area contributed by atoms with Crippen LogP contribution in [0, 0.1) is 6.92 Å². The van der Waals surface area contributed by atoms with Crippen molar-refractivity contribution in [1.29, 1.82) is 0 Å². The van der Waals surface area contributed by atoms with Gasteiger partial charge < -0.3 is 5.32 Å². The molecular formula is C16H20N4. The first-order valence-corrected chi connectivity index (χ1v) is 7.34. The van der Waals surface area contributed by atoms with Crippen LogP contribution in [0.3, 0.4) is 0 Å². The number of nitrogens with one attached hydrogen (secondary N) is 1. The molecule has 0 spiro atoms. The van der Waals surface area contributed by atoms with E-state index in [1.54, 1.807) is 0 Å². The van der Waals surface area contributed by atoms with Crippen molar-refractivity contribution in [1.82, 2.24) is 15.0 Å². The zero-order valence-electron chi connectivity index (χ0n) is 12.1. The van der Waals surface area contributed by atoms with E-state index in [0.717, 1.165) is 36.6 Å². The molecule has 1 aliphatic rings. The van der Waals surface area contributed by atoms with Gasteiger partial charge in [0.15, 0.2) is 5.82 Å². The molecular weight excluding hydrogens is 248 g/mol. The number of aryl methyl sites for hydroxylation is 2. The van der Waals surface area contributed by atoms with Gasteiger partial charge in [-0.3, -0.25) is 4.98 Å². The molecule has 1 N–H and O–H groups in total. The van der Waals surface area contributed by atoms with Gasteiger partial charge in [0, 0.05) is 35.8 Å². The number of nitrogens with zero attached hydrogens (tertiary/aromatic N) is 3. The molecule has 2 aromatic rings. The van der Waals surface area contributed by atoms with Crippen LogP contribution in [0.5, 0.6) is 0 Å². The summed E-state index contributed by atoms with van der Waals surface area (Å²) in [4.78, 5) is 13.7. The van der Waals surface area contributed by atoms with Crippen molar-refractivity contribution < 1.29 is 0 Å². The van der Waals surface area contributed by atoms with Gasteiger partial charge in [0.05, 0.1) is 0 Å². The summed E-state index contributed by atoms with van der Waals surface area (Å²) in [5.74, 6) is 1.81. The summed E-state index contributed by atoms with van der Waals surface area (Å²) >= 11 is 0. The van der Waals surface area contributed by atoms with Gasteiger partial charge in [0.2, 0.25) is 0 Å². The summed E-state index contributed by atoms with van der Waals surface area (Å²) in [6.07, 6.45) is 8.27. The minimum atomic E-state index is 0.798. The van der Waals surface area contributed by atoms with Gasteiger partial charge in [-0.15, -0.1) is 0 Å². The molecule has 0 saturated carbocycles. The molecule has 4 heteroatoms. The number of hydrogen-bond donors (Lipinski definition) is 1. The van der Waals surface area contributed by atoms with E-state index in [2.05, 4.69) is 24.1 Å². The maximum absolute atomic E-state index is 4.80. The summed E-state index contributed by atoms with van der Waals surface area (Å²) in [5, 5.41) is 3.39. The first kappa shape index (κ1) is 13.0. The van der Waals surface area contributed by atoms with E-state index in [1.807, 2.05) is 18.5 Å². The van der Waals surface area contributed by atoms with Crippen LogP contribution in [-0.4, -0.2) is 21.5 Å². The highest BCUT2D eigenvalue weighted by Crippen LogP contribution is 2.29. The van der Waals surface area contributed by atoms with Crippen molar-refractivity contribution in [2.75, 3.05) is 11.9 Å². The molecule has 2 heterocycles. The summed E-state index contributed by atoms with van der Waals surface area (Å²) in [7, 11) is 0. The molecule has 0 unspecified atom stereocenters. The fraction of sp³-hybridized carbons (Fsp3) is 0.438. The monoisotopic (exact) mass is 268 g/mol. The minimum absolute atomic E-state index is 0.798. The summed E-state index contributed by atoms with van der Waals surface area (Å²) in [5.41, 5.74) is 4.71. The molecule has 20 heavy (non-hydrogen) atoms. The van der Waals surface area contributed by atoms with Gasteiger partial charge in [0.1, 0.15) is 5.82 Å². The number of pyridine rings is 1. The highest BCUT2D eigenvalue weighted by atomic mass is 15.0. The lowest BCUT2D eigenvalue weighted by atomic mass is 9.96. The van der Waals surface area contributed by atoms with Crippen molar-refractivity contribution in [2.24, 2.45) is 0 Å². The topological polar surface area (TPSA) is 50.7 Å². The molecule has 3 rings (SSSR count). The van der Waals surface area contributed by atoms with E-state index in [-0.39, 0.29) is 0 Å². The van der Waals surface area contributed by atoms with Crippen molar-refractivity contribution in [3.63, 3.8) is 0 Å². The lowest BCUT2D eigenvalue weighted by Crippen LogP contribution is -2.13. The second-order valence-electron chi connectivity index (χ2n) is 5.25. The van der Waals surface area contributed by atoms with Crippen LogP contribution in [0.15, 0.2) is 18.5 Å². The first-order valence-electron chi connectivity index (χ1n) is 7.34. The van der Waals surface area contributed by atoms with Crippen LogP contribution in [0.4, 0.5) is 5.82 Å². The predicted octanol–water partition coefficient (Wildman–Crippen LogP) is 3.16. The van der Waals surface area contributed by atoms with Crippen LogP contribution in [0.2, 0.25) is 0 Å². The SMILES string of the molecule is CCNc1nc(-c2cnccc2C)nc2c1CCCC2. The van der Waals surface area contributed by atoms with Crippen molar-refractivity contribution in [3.8, 4) is 11.4 Å². The summed E-state index contributed by atoms with van der Waals surface area (Å²) in [6, 6.07) is 2.01. The van der Waals surface area contributed by atoms with Gasteiger partial charge in [-0.05, 0) is 51.2 Å². The molecule has 4 nitrogen and oxygen atoms in total. The fourth-order valence-electron chi connectivity index (χ4n) is 2.73. The minimum Gasteiger partial charge on any atom is -0.370 e. The quantitative estimate of drug-likeness (QED) is 0.929. The van der Waals surface area contributed by atoms with E-state index in [1.165, 1.54) is 29.7 Å². The van der Waals surface area contributed by atoms with Gasteiger partial charge in [0.25, 0.3) is 0 Å². The van der Waals surface area contributed by atoms with E-state index in [9.17, 15) is 0 Å². The average Bonchev–Trinajstić information content (AvgIpc) is 2.48. The third kappa shape index (κ3) is 2.38. The fourth-order valence-corrected chi connectivity index (χ4v) is 2.73. The molecule has 0 fully saturated rings. The summed E-state index contributed by atoms with van der Waals surface area (Å²) in [6.45, 7) is 5.06. The van der Waals surface area contributed by atoms with Crippen LogP contribution >= 0.6 is 0 Å². The van der Waals surface area contributed by atoms with E-state index >= 15 is 0 Å². The Labute approximate surface area is 119 Å². The Morgan fingerprint density at radius 1 is 1.20 bits per heavy atom. The van der Waals surface area contributed by atoms with Crippen molar-refractivity contribution >= 4 is 5.82 Å². The Balaban J connectivity index is 2.13. The molecule has 0 aliphatic heterocycles.